The van der Waals surface area contributed by atoms with E-state index < -0.39 is 0 Å². The Morgan fingerprint density at radius 3 is 2.04 bits per heavy atom. The number of nitrogens with one attached hydrogen (secondary N) is 1. The summed E-state index contributed by atoms with van der Waals surface area (Å²) in [6.45, 7) is 13.6. The molecule has 0 saturated carbocycles. The molecule has 5 heteroatoms. The van der Waals surface area contributed by atoms with Crippen LogP contribution < -0.4 is 5.32 Å². The third-order valence-electron chi connectivity index (χ3n) is 4.89. The largest absolute Gasteiger partial charge is 0.395 e. The predicted octanol–water partition coefficient (Wildman–Crippen LogP) is 2.48. The van der Waals surface area contributed by atoms with Gasteiger partial charge in [-0.05, 0) is 23.0 Å². The lowest BCUT2D eigenvalue weighted by Crippen LogP contribution is -2.49. The Labute approximate surface area is 152 Å². The van der Waals surface area contributed by atoms with Gasteiger partial charge in [0.05, 0.1) is 13.2 Å². The Hall–Kier alpha value is -1.43. The van der Waals surface area contributed by atoms with Crippen molar-refractivity contribution in [2.75, 3.05) is 51.2 Å². The fourth-order valence-electron chi connectivity index (χ4n) is 3.39. The molecule has 1 amide bonds. The summed E-state index contributed by atoms with van der Waals surface area (Å²) in [4.78, 5) is 17.1. The molecule has 1 fully saturated rings. The number of rotatable bonds is 7. The Morgan fingerprint density at radius 2 is 1.56 bits per heavy atom. The third kappa shape index (κ3) is 5.53. The van der Waals surface area contributed by atoms with Gasteiger partial charge in [0.15, 0.2) is 0 Å². The van der Waals surface area contributed by atoms with E-state index in [0.29, 0.717) is 18.4 Å². The lowest BCUT2D eigenvalue weighted by atomic mass is 9.92. The van der Waals surface area contributed by atoms with E-state index in [-0.39, 0.29) is 12.5 Å². The average molecular weight is 348 g/mol. The molecule has 0 spiro atoms. The molecule has 1 heterocycles. The first-order chi connectivity index (χ1) is 11.9. The number of β-amino-alcohol motifs (C(OH)–C–C–N with tert-alkyl or cyclic N) is 1. The number of hydrogen-bond acceptors (Lipinski definition) is 4. The SMILES string of the molecule is CC(C)c1cccc(C(C)C)c1NC(=O)CN1CCN(CCO)CC1. The Balaban J connectivity index is 2.01. The Bertz CT molecular complexity index is 538. The second-order valence-electron chi connectivity index (χ2n) is 7.51. The summed E-state index contributed by atoms with van der Waals surface area (Å²) in [5, 5.41) is 12.2. The van der Waals surface area contributed by atoms with Crippen LogP contribution >= 0.6 is 0 Å². The lowest BCUT2D eigenvalue weighted by Gasteiger charge is -2.34. The number of para-hydroxylation sites is 1. The van der Waals surface area contributed by atoms with Gasteiger partial charge in [0, 0.05) is 38.4 Å². The number of anilines is 1. The minimum Gasteiger partial charge on any atom is -0.395 e. The van der Waals surface area contributed by atoms with Gasteiger partial charge in [-0.2, -0.15) is 0 Å². The van der Waals surface area contributed by atoms with E-state index in [1.165, 1.54) is 11.1 Å². The molecule has 1 aliphatic rings. The normalized spacial score (nSPS) is 16.6. The maximum absolute atomic E-state index is 12.6. The highest BCUT2D eigenvalue weighted by molar-refractivity contribution is 5.94. The van der Waals surface area contributed by atoms with E-state index >= 15 is 0 Å². The number of aliphatic hydroxyl groups excluding tert-OH is 1. The van der Waals surface area contributed by atoms with Crippen LogP contribution in [0, 0.1) is 0 Å². The predicted molar refractivity (Wildman–Crippen MR) is 103 cm³/mol. The molecule has 0 aromatic heterocycles. The summed E-state index contributed by atoms with van der Waals surface area (Å²) >= 11 is 0. The fraction of sp³-hybridized carbons (Fsp3) is 0.650. The molecule has 25 heavy (non-hydrogen) atoms. The van der Waals surface area contributed by atoms with Gasteiger partial charge >= 0.3 is 0 Å². The highest BCUT2D eigenvalue weighted by Gasteiger charge is 2.20. The first-order valence-corrected chi connectivity index (χ1v) is 9.40. The zero-order valence-electron chi connectivity index (χ0n) is 16.1. The van der Waals surface area contributed by atoms with Crippen LogP contribution in [-0.2, 0) is 4.79 Å². The topological polar surface area (TPSA) is 55.8 Å². The first kappa shape index (κ1) is 19.9. The molecule has 0 atom stereocenters. The quantitative estimate of drug-likeness (QED) is 0.796. The van der Waals surface area contributed by atoms with Gasteiger partial charge in [0.2, 0.25) is 5.91 Å². The molecule has 1 aromatic carbocycles. The zero-order chi connectivity index (χ0) is 18.4. The second kappa shape index (κ2) is 9.32. The van der Waals surface area contributed by atoms with Gasteiger partial charge in [-0.25, -0.2) is 0 Å². The molecule has 0 aliphatic carbocycles. The number of aliphatic hydroxyl groups is 1. The highest BCUT2D eigenvalue weighted by Crippen LogP contribution is 2.32. The zero-order valence-corrected chi connectivity index (χ0v) is 16.1. The maximum Gasteiger partial charge on any atom is 0.238 e. The van der Waals surface area contributed by atoms with Gasteiger partial charge in [0.1, 0.15) is 0 Å². The molecule has 2 rings (SSSR count). The van der Waals surface area contributed by atoms with Gasteiger partial charge in [-0.3, -0.25) is 14.6 Å². The maximum atomic E-state index is 12.6. The average Bonchev–Trinajstić information content (AvgIpc) is 2.56. The number of carbonyl (C=O) groups is 1. The molecule has 2 N–H and O–H groups in total. The number of nitrogens with zero attached hydrogens (tertiary/aromatic N) is 2. The summed E-state index contributed by atoms with van der Waals surface area (Å²) in [6, 6.07) is 6.31. The Morgan fingerprint density at radius 1 is 1.04 bits per heavy atom. The van der Waals surface area contributed by atoms with Gasteiger partial charge in [0.25, 0.3) is 0 Å². The molecule has 0 radical (unpaired) electrons. The minimum absolute atomic E-state index is 0.0607. The van der Waals surface area contributed by atoms with Crippen molar-refractivity contribution in [2.24, 2.45) is 0 Å². The number of hydrogen-bond donors (Lipinski definition) is 2. The minimum atomic E-state index is 0.0607. The summed E-state index contributed by atoms with van der Waals surface area (Å²) in [7, 11) is 0. The highest BCUT2D eigenvalue weighted by atomic mass is 16.3. The molecule has 0 unspecified atom stereocenters. The summed E-state index contributed by atoms with van der Waals surface area (Å²) < 4.78 is 0. The molecule has 140 valence electrons. The van der Waals surface area contributed by atoms with Crippen LogP contribution in [0.1, 0.15) is 50.7 Å². The van der Waals surface area contributed by atoms with Crippen molar-refractivity contribution in [1.29, 1.82) is 0 Å². The van der Waals surface area contributed by atoms with Gasteiger partial charge in [-0.15, -0.1) is 0 Å². The van der Waals surface area contributed by atoms with E-state index in [9.17, 15) is 4.79 Å². The van der Waals surface area contributed by atoms with Crippen LogP contribution in [0.5, 0.6) is 0 Å². The summed E-state index contributed by atoms with van der Waals surface area (Å²) in [5.41, 5.74) is 3.40. The molecule has 1 aromatic rings. The van der Waals surface area contributed by atoms with Crippen LogP contribution in [0.2, 0.25) is 0 Å². The van der Waals surface area contributed by atoms with Crippen LogP contribution in [0.3, 0.4) is 0 Å². The van der Waals surface area contributed by atoms with Crippen molar-refractivity contribution in [3.63, 3.8) is 0 Å². The lowest BCUT2D eigenvalue weighted by molar-refractivity contribution is -0.117. The molecule has 5 nitrogen and oxygen atoms in total. The molecular weight excluding hydrogens is 314 g/mol. The number of carbonyl (C=O) groups excluding carboxylic acids is 1. The number of piperazine rings is 1. The first-order valence-electron chi connectivity index (χ1n) is 9.40. The summed E-state index contributed by atoms with van der Waals surface area (Å²) in [5.74, 6) is 0.803. The van der Waals surface area contributed by atoms with E-state index in [1.807, 2.05) is 0 Å². The van der Waals surface area contributed by atoms with Crippen molar-refractivity contribution in [3.05, 3.63) is 29.3 Å². The molecule has 1 aliphatic heterocycles. The van der Waals surface area contributed by atoms with Crippen LogP contribution in [0.25, 0.3) is 0 Å². The molecule has 1 saturated heterocycles. The fourth-order valence-corrected chi connectivity index (χ4v) is 3.39. The second-order valence-corrected chi connectivity index (χ2v) is 7.51. The summed E-state index contributed by atoms with van der Waals surface area (Å²) in [6.07, 6.45) is 0. The van der Waals surface area contributed by atoms with Crippen molar-refractivity contribution in [3.8, 4) is 0 Å². The third-order valence-corrected chi connectivity index (χ3v) is 4.89. The van der Waals surface area contributed by atoms with E-state index in [4.69, 9.17) is 5.11 Å². The van der Waals surface area contributed by atoms with Crippen molar-refractivity contribution < 1.29 is 9.90 Å². The van der Waals surface area contributed by atoms with E-state index in [0.717, 1.165) is 38.4 Å². The van der Waals surface area contributed by atoms with Gasteiger partial charge < -0.3 is 10.4 Å². The van der Waals surface area contributed by atoms with E-state index in [2.05, 4.69) is 61.0 Å². The van der Waals surface area contributed by atoms with E-state index in [1.54, 1.807) is 0 Å². The van der Waals surface area contributed by atoms with Crippen LogP contribution in [0.15, 0.2) is 18.2 Å². The van der Waals surface area contributed by atoms with Gasteiger partial charge in [-0.1, -0.05) is 45.9 Å². The van der Waals surface area contributed by atoms with Crippen molar-refractivity contribution in [2.45, 2.75) is 39.5 Å². The van der Waals surface area contributed by atoms with Crippen LogP contribution in [0.4, 0.5) is 5.69 Å². The van der Waals surface area contributed by atoms with Crippen LogP contribution in [-0.4, -0.2) is 66.7 Å². The molecule has 0 bridgehead atoms. The monoisotopic (exact) mass is 347 g/mol. The van der Waals surface area contributed by atoms with Crippen molar-refractivity contribution >= 4 is 11.6 Å². The number of benzene rings is 1. The smallest absolute Gasteiger partial charge is 0.238 e. The molecular formula is C20H33N3O2. The number of amides is 1. The standard InChI is InChI=1S/C20H33N3O2/c1-15(2)17-6-5-7-18(16(3)4)20(17)21-19(25)14-23-10-8-22(9-11-23)12-13-24/h5-7,15-16,24H,8-14H2,1-4H3,(H,21,25). The Kier molecular flexibility index (Phi) is 7.41. The van der Waals surface area contributed by atoms with Crippen molar-refractivity contribution in [1.82, 2.24) is 9.80 Å².